The summed E-state index contributed by atoms with van der Waals surface area (Å²) >= 11 is 0. The zero-order chi connectivity index (χ0) is 8.39. The van der Waals surface area contributed by atoms with Gasteiger partial charge in [-0.15, -0.1) is 0 Å². The number of benzene rings is 2. The first kappa shape index (κ1) is 7.28. The van der Waals surface area contributed by atoms with Crippen LogP contribution < -0.4 is 5.48 Å². The van der Waals surface area contributed by atoms with Gasteiger partial charge in [-0.2, -0.15) is 0 Å². The molecule has 0 radical (unpaired) electrons. The summed E-state index contributed by atoms with van der Waals surface area (Å²) in [6.45, 7) is 0. The molecule has 0 aliphatic heterocycles. The van der Waals surface area contributed by atoms with Gasteiger partial charge in [0.1, 0.15) is 5.69 Å². The normalized spacial score (nSPS) is 10.4. The average molecular weight is 159 g/mol. The van der Waals surface area contributed by atoms with E-state index in [0.717, 1.165) is 21.9 Å². The molecule has 0 amide bonds. The molecule has 12 heavy (non-hydrogen) atoms. The molecule has 2 heteroatoms. The highest BCUT2D eigenvalue weighted by molar-refractivity contribution is 5.90. The van der Waals surface area contributed by atoms with Crippen LogP contribution in [0, 0.1) is 5.21 Å². The van der Waals surface area contributed by atoms with Gasteiger partial charge in [0.2, 0.25) is 0 Å². The van der Waals surface area contributed by atoms with Crippen LogP contribution in [0.2, 0.25) is 0 Å². The van der Waals surface area contributed by atoms with Crippen LogP contribution in [0.5, 0.6) is 0 Å². The Bertz CT molecular complexity index is 392. The SMILES string of the molecule is [O-][NH2+]c1cccc2ccccc12. The molecule has 2 aromatic rings. The lowest BCUT2D eigenvalue weighted by atomic mass is 10.1. The third-order valence-corrected chi connectivity index (χ3v) is 1.95. The number of rotatable bonds is 1. The van der Waals surface area contributed by atoms with Gasteiger partial charge in [-0.05, 0) is 17.5 Å². The third-order valence-electron chi connectivity index (χ3n) is 1.95. The molecule has 0 atom stereocenters. The highest BCUT2D eigenvalue weighted by Crippen LogP contribution is 2.18. The fourth-order valence-corrected chi connectivity index (χ4v) is 1.35. The van der Waals surface area contributed by atoms with Gasteiger partial charge < -0.3 is 10.7 Å². The summed E-state index contributed by atoms with van der Waals surface area (Å²) in [7, 11) is 0. The summed E-state index contributed by atoms with van der Waals surface area (Å²) in [5, 5.41) is 12.8. The second kappa shape index (κ2) is 2.93. The average Bonchev–Trinajstić information content (AvgIpc) is 2.17. The van der Waals surface area contributed by atoms with Crippen molar-refractivity contribution in [1.29, 1.82) is 0 Å². The van der Waals surface area contributed by atoms with Gasteiger partial charge in [-0.25, -0.2) is 0 Å². The Hall–Kier alpha value is -1.38. The predicted molar refractivity (Wildman–Crippen MR) is 48.9 cm³/mol. The molecule has 60 valence electrons. The topological polar surface area (TPSA) is 39.7 Å². The number of fused-ring (bicyclic) bond motifs is 1. The quantitative estimate of drug-likeness (QED) is 0.497. The van der Waals surface area contributed by atoms with E-state index in [1.165, 1.54) is 0 Å². The highest BCUT2D eigenvalue weighted by atomic mass is 16.5. The molecule has 0 saturated heterocycles. The van der Waals surface area contributed by atoms with E-state index < -0.39 is 0 Å². The van der Waals surface area contributed by atoms with Crippen LogP contribution in [-0.4, -0.2) is 0 Å². The fraction of sp³-hybridized carbons (Fsp3) is 0. The monoisotopic (exact) mass is 159 g/mol. The molecule has 0 aromatic heterocycles. The minimum Gasteiger partial charge on any atom is -0.630 e. The molecule has 2 aromatic carbocycles. The Labute approximate surface area is 70.4 Å². The van der Waals surface area contributed by atoms with Crippen molar-refractivity contribution >= 4 is 16.5 Å². The maximum Gasteiger partial charge on any atom is 0.137 e. The van der Waals surface area contributed by atoms with Gasteiger partial charge in [-0.1, -0.05) is 30.3 Å². The predicted octanol–water partition coefficient (Wildman–Crippen LogP) is 1.53. The van der Waals surface area contributed by atoms with E-state index in [1.54, 1.807) is 0 Å². The fourth-order valence-electron chi connectivity index (χ4n) is 1.35. The van der Waals surface area contributed by atoms with E-state index in [2.05, 4.69) is 0 Å². The lowest BCUT2D eigenvalue weighted by Gasteiger charge is -2.04. The Morgan fingerprint density at radius 2 is 1.67 bits per heavy atom. The first-order valence-electron chi connectivity index (χ1n) is 3.85. The van der Waals surface area contributed by atoms with Crippen molar-refractivity contribution in [3.63, 3.8) is 0 Å². The molecule has 2 N–H and O–H groups in total. The molecule has 0 spiro atoms. The van der Waals surface area contributed by atoms with Crippen LogP contribution in [0.25, 0.3) is 10.8 Å². The van der Waals surface area contributed by atoms with Crippen molar-refractivity contribution in [2.75, 3.05) is 0 Å². The summed E-state index contributed by atoms with van der Waals surface area (Å²) in [5.41, 5.74) is 1.65. The van der Waals surface area contributed by atoms with Crippen LogP contribution in [0.1, 0.15) is 0 Å². The molecular formula is C10H9NO. The number of nitrogens with two attached hydrogens (primary N) is 1. The van der Waals surface area contributed by atoms with Crippen molar-refractivity contribution in [2.24, 2.45) is 0 Å². The zero-order valence-electron chi connectivity index (χ0n) is 6.53. The van der Waals surface area contributed by atoms with E-state index >= 15 is 0 Å². The molecule has 0 heterocycles. The molecule has 0 saturated carbocycles. The van der Waals surface area contributed by atoms with Crippen molar-refractivity contribution in [2.45, 2.75) is 0 Å². The Morgan fingerprint density at radius 3 is 2.50 bits per heavy atom. The lowest BCUT2D eigenvalue weighted by Crippen LogP contribution is -2.70. The molecule has 2 nitrogen and oxygen atoms in total. The summed E-state index contributed by atoms with van der Waals surface area (Å²) < 4.78 is 0. The van der Waals surface area contributed by atoms with E-state index in [1.807, 2.05) is 42.5 Å². The van der Waals surface area contributed by atoms with Gasteiger partial charge in [0, 0.05) is 5.39 Å². The minimum absolute atomic E-state index is 0.758. The van der Waals surface area contributed by atoms with Gasteiger partial charge in [0.25, 0.3) is 0 Å². The number of hydrogen-bond donors (Lipinski definition) is 1. The molecule has 0 fully saturated rings. The number of quaternary nitrogens is 1. The van der Waals surface area contributed by atoms with Gasteiger partial charge in [-0.3, -0.25) is 0 Å². The summed E-state index contributed by atoms with van der Waals surface area (Å²) in [6, 6.07) is 13.6. The molecular weight excluding hydrogens is 150 g/mol. The van der Waals surface area contributed by atoms with Crippen molar-refractivity contribution in [1.82, 2.24) is 0 Å². The number of hydrogen-bond acceptors (Lipinski definition) is 1. The summed E-state index contributed by atoms with van der Waals surface area (Å²) in [6.07, 6.45) is 0. The van der Waals surface area contributed by atoms with Gasteiger partial charge in [0.15, 0.2) is 0 Å². The van der Waals surface area contributed by atoms with Crippen molar-refractivity contribution < 1.29 is 5.48 Å². The smallest absolute Gasteiger partial charge is 0.137 e. The van der Waals surface area contributed by atoms with Crippen molar-refractivity contribution in [3.05, 3.63) is 47.7 Å². The second-order valence-corrected chi connectivity index (χ2v) is 2.69. The van der Waals surface area contributed by atoms with Crippen molar-refractivity contribution in [3.8, 4) is 0 Å². The Balaban J connectivity index is 2.79. The zero-order valence-corrected chi connectivity index (χ0v) is 6.53. The molecule has 2 rings (SSSR count). The summed E-state index contributed by atoms with van der Waals surface area (Å²) in [5.74, 6) is 0. The van der Waals surface area contributed by atoms with E-state index in [4.69, 9.17) is 0 Å². The largest absolute Gasteiger partial charge is 0.630 e. The molecule has 0 aliphatic carbocycles. The van der Waals surface area contributed by atoms with Crippen LogP contribution in [0.15, 0.2) is 42.5 Å². The van der Waals surface area contributed by atoms with Crippen LogP contribution in [-0.2, 0) is 0 Å². The maximum atomic E-state index is 10.6. The standard InChI is InChI=1S/C10H9NO/c12-11-10-7-3-5-8-4-1-2-6-9(8)10/h1-7H,11H2. The molecule has 0 bridgehead atoms. The van der Waals surface area contributed by atoms with E-state index in [0.29, 0.717) is 0 Å². The van der Waals surface area contributed by atoms with Crippen LogP contribution in [0.4, 0.5) is 5.69 Å². The van der Waals surface area contributed by atoms with Crippen LogP contribution >= 0.6 is 0 Å². The van der Waals surface area contributed by atoms with E-state index in [9.17, 15) is 5.21 Å². The minimum atomic E-state index is 0.758. The first-order valence-corrected chi connectivity index (χ1v) is 3.85. The Morgan fingerprint density at radius 1 is 0.917 bits per heavy atom. The highest BCUT2D eigenvalue weighted by Gasteiger charge is 1.97. The Kier molecular flexibility index (Phi) is 1.78. The van der Waals surface area contributed by atoms with Gasteiger partial charge >= 0.3 is 0 Å². The molecule has 0 aliphatic rings. The third kappa shape index (κ3) is 1.07. The lowest BCUT2D eigenvalue weighted by molar-refractivity contribution is -0.495. The first-order chi connectivity index (χ1) is 5.92. The van der Waals surface area contributed by atoms with Gasteiger partial charge in [0.05, 0.1) is 0 Å². The van der Waals surface area contributed by atoms with Crippen LogP contribution in [0.3, 0.4) is 0 Å². The second-order valence-electron chi connectivity index (χ2n) is 2.69. The molecule has 0 unspecified atom stereocenters. The van der Waals surface area contributed by atoms with E-state index in [-0.39, 0.29) is 0 Å². The summed E-state index contributed by atoms with van der Waals surface area (Å²) in [4.78, 5) is 0. The maximum absolute atomic E-state index is 10.6.